The number of allylic oxidation sites excluding steroid dienone is 4. The quantitative estimate of drug-likeness (QED) is 0.469. The third kappa shape index (κ3) is 3.96. The van der Waals surface area contributed by atoms with Crippen molar-refractivity contribution < 1.29 is 9.90 Å². The number of halogens is 1. The van der Waals surface area contributed by atoms with E-state index in [-0.39, 0.29) is 11.8 Å². The number of nitrogens with one attached hydrogen (secondary N) is 1. The first-order valence-electron chi connectivity index (χ1n) is 6.92. The normalized spacial score (nSPS) is 30.2. The van der Waals surface area contributed by atoms with Gasteiger partial charge in [0.2, 0.25) is 0 Å². The molecule has 0 saturated carbocycles. The van der Waals surface area contributed by atoms with Crippen LogP contribution in [0.4, 0.5) is 0 Å². The van der Waals surface area contributed by atoms with Crippen LogP contribution in [0.25, 0.3) is 0 Å². The van der Waals surface area contributed by atoms with E-state index < -0.39 is 5.91 Å². The Morgan fingerprint density at radius 3 is 2.55 bits per heavy atom. The molecule has 3 fully saturated rings. The molecule has 1 amide bonds. The van der Waals surface area contributed by atoms with Crippen LogP contribution in [0, 0.1) is 5.92 Å². The van der Waals surface area contributed by atoms with Gasteiger partial charge in [-0.1, -0.05) is 22.5 Å². The fourth-order valence-electron chi connectivity index (χ4n) is 2.94. The third-order valence-corrected chi connectivity index (χ3v) is 4.18. The van der Waals surface area contributed by atoms with E-state index in [9.17, 15) is 9.90 Å². The molecule has 2 N–H and O–H groups in total. The molecule has 110 valence electrons. The molecular formula is C15H21BrN2O2. The first-order valence-corrected chi connectivity index (χ1v) is 7.71. The Bertz CT molecular complexity index is 462. The van der Waals surface area contributed by atoms with Crippen molar-refractivity contribution in [3.63, 3.8) is 0 Å². The first-order chi connectivity index (χ1) is 9.45. The maximum Gasteiger partial charge on any atom is 0.286 e. The minimum atomic E-state index is -0.392. The topological polar surface area (TPSA) is 52.6 Å². The van der Waals surface area contributed by atoms with E-state index in [1.54, 1.807) is 6.08 Å². The highest BCUT2D eigenvalue weighted by atomic mass is 79.9. The standard InChI is InChI=1S/C15H21BrN2O2/c1-10(7-11(2)16)8-14(19)15(20)17-13-9-18-5-3-12(13)4-6-18/h7-8,12-13,19H,2-6,9H2,1H3,(H,17,20)/b10-7+,14-8-/t13-/m0/s1. The molecule has 0 spiro atoms. The fraction of sp³-hybridized carbons (Fsp3) is 0.533. The second-order valence-corrected chi connectivity index (χ2v) is 6.60. The molecule has 0 aromatic carbocycles. The first kappa shape index (κ1) is 15.3. The van der Waals surface area contributed by atoms with Crippen LogP contribution in [0.5, 0.6) is 0 Å². The molecular weight excluding hydrogens is 320 g/mol. The van der Waals surface area contributed by atoms with Gasteiger partial charge in [-0.25, -0.2) is 0 Å². The van der Waals surface area contributed by atoms with Crippen molar-refractivity contribution >= 4 is 21.8 Å². The number of carbonyl (C=O) groups is 1. The van der Waals surface area contributed by atoms with E-state index in [4.69, 9.17) is 0 Å². The molecule has 3 saturated heterocycles. The molecule has 2 bridgehead atoms. The largest absolute Gasteiger partial charge is 0.503 e. The Morgan fingerprint density at radius 1 is 1.40 bits per heavy atom. The third-order valence-electron chi connectivity index (χ3n) is 3.95. The summed E-state index contributed by atoms with van der Waals surface area (Å²) in [5, 5.41) is 12.8. The number of amides is 1. The van der Waals surface area contributed by atoms with Crippen molar-refractivity contribution in [1.29, 1.82) is 0 Å². The molecule has 3 rings (SSSR count). The molecule has 3 aliphatic rings. The Kier molecular flexibility index (Phi) is 5.05. The highest BCUT2D eigenvalue weighted by molar-refractivity contribution is 9.11. The predicted molar refractivity (Wildman–Crippen MR) is 83.6 cm³/mol. The van der Waals surface area contributed by atoms with Crippen molar-refractivity contribution in [2.75, 3.05) is 19.6 Å². The Balaban J connectivity index is 1.94. The van der Waals surface area contributed by atoms with Gasteiger partial charge in [0.1, 0.15) is 0 Å². The van der Waals surface area contributed by atoms with Crippen molar-refractivity contribution in [2.24, 2.45) is 5.92 Å². The van der Waals surface area contributed by atoms with Crippen LogP contribution >= 0.6 is 15.9 Å². The van der Waals surface area contributed by atoms with Gasteiger partial charge in [0.25, 0.3) is 5.91 Å². The summed E-state index contributed by atoms with van der Waals surface area (Å²) in [5.74, 6) is -0.0867. The van der Waals surface area contributed by atoms with Crippen molar-refractivity contribution in [1.82, 2.24) is 10.2 Å². The lowest BCUT2D eigenvalue weighted by Gasteiger charge is -2.44. The highest BCUT2D eigenvalue weighted by Crippen LogP contribution is 2.27. The van der Waals surface area contributed by atoms with Crippen LogP contribution in [0.15, 0.2) is 34.5 Å². The minimum Gasteiger partial charge on any atom is -0.503 e. The maximum absolute atomic E-state index is 12.0. The molecule has 3 aliphatic heterocycles. The molecule has 3 heterocycles. The van der Waals surface area contributed by atoms with Crippen molar-refractivity contribution in [3.8, 4) is 0 Å². The summed E-state index contributed by atoms with van der Waals surface area (Å²) in [6.45, 7) is 8.67. The summed E-state index contributed by atoms with van der Waals surface area (Å²) >= 11 is 3.22. The number of aliphatic hydroxyl groups is 1. The molecule has 1 atom stereocenters. The lowest BCUT2D eigenvalue weighted by molar-refractivity contribution is -0.122. The van der Waals surface area contributed by atoms with Crippen LogP contribution < -0.4 is 5.32 Å². The fourth-order valence-corrected chi connectivity index (χ4v) is 3.30. The molecule has 4 nitrogen and oxygen atoms in total. The molecule has 0 aliphatic carbocycles. The van der Waals surface area contributed by atoms with Gasteiger partial charge in [-0.05, 0) is 56.5 Å². The van der Waals surface area contributed by atoms with E-state index in [1.165, 1.54) is 6.08 Å². The van der Waals surface area contributed by atoms with Gasteiger partial charge in [0.15, 0.2) is 5.76 Å². The number of nitrogens with zero attached hydrogens (tertiary/aromatic N) is 1. The van der Waals surface area contributed by atoms with Gasteiger partial charge in [-0.2, -0.15) is 0 Å². The monoisotopic (exact) mass is 340 g/mol. The summed E-state index contributed by atoms with van der Waals surface area (Å²) in [6.07, 6.45) is 5.48. The van der Waals surface area contributed by atoms with E-state index in [0.29, 0.717) is 10.4 Å². The van der Waals surface area contributed by atoms with E-state index >= 15 is 0 Å². The van der Waals surface area contributed by atoms with Gasteiger partial charge in [-0.15, -0.1) is 0 Å². The van der Waals surface area contributed by atoms with Crippen LogP contribution in [0.1, 0.15) is 19.8 Å². The SMILES string of the molecule is C=C(Br)/C=C(C)/C=C(\O)C(=O)N[C@H]1CN2CCC1CC2. The summed E-state index contributed by atoms with van der Waals surface area (Å²) in [6, 6.07) is 0.163. The van der Waals surface area contributed by atoms with Gasteiger partial charge in [0.05, 0.1) is 0 Å². The number of hydrogen-bond donors (Lipinski definition) is 2. The second kappa shape index (κ2) is 6.59. The maximum atomic E-state index is 12.0. The number of rotatable bonds is 4. The van der Waals surface area contributed by atoms with Crippen LogP contribution in [0.3, 0.4) is 0 Å². The average molecular weight is 341 g/mol. The van der Waals surface area contributed by atoms with Gasteiger partial charge in [0, 0.05) is 17.1 Å². The van der Waals surface area contributed by atoms with E-state index in [2.05, 4.69) is 32.7 Å². The molecule has 0 aromatic rings. The predicted octanol–water partition coefficient (Wildman–Crippen LogP) is 2.49. The van der Waals surface area contributed by atoms with E-state index in [0.717, 1.165) is 38.0 Å². The van der Waals surface area contributed by atoms with Crippen LogP contribution in [-0.2, 0) is 4.79 Å². The summed E-state index contributed by atoms with van der Waals surface area (Å²) in [5.41, 5.74) is 0.772. The van der Waals surface area contributed by atoms with Crippen molar-refractivity contribution in [2.45, 2.75) is 25.8 Å². The Labute approximate surface area is 128 Å². The summed E-state index contributed by atoms with van der Waals surface area (Å²) in [4.78, 5) is 14.4. The zero-order chi connectivity index (χ0) is 14.7. The lowest BCUT2D eigenvalue weighted by Crippen LogP contribution is -2.57. The van der Waals surface area contributed by atoms with Gasteiger partial charge in [-0.3, -0.25) is 4.79 Å². The Hall–Kier alpha value is -1.07. The Morgan fingerprint density at radius 2 is 2.05 bits per heavy atom. The average Bonchev–Trinajstić information content (AvgIpc) is 2.38. The van der Waals surface area contributed by atoms with Crippen molar-refractivity contribution in [3.05, 3.63) is 34.5 Å². The van der Waals surface area contributed by atoms with E-state index in [1.807, 2.05) is 6.92 Å². The van der Waals surface area contributed by atoms with Gasteiger partial charge >= 0.3 is 0 Å². The van der Waals surface area contributed by atoms with Gasteiger partial charge < -0.3 is 15.3 Å². The number of piperidine rings is 3. The molecule has 5 heteroatoms. The molecule has 0 aromatic heterocycles. The number of carbonyl (C=O) groups excluding carboxylic acids is 1. The second-order valence-electron chi connectivity index (χ2n) is 5.58. The summed E-state index contributed by atoms with van der Waals surface area (Å²) in [7, 11) is 0. The smallest absolute Gasteiger partial charge is 0.286 e. The molecule has 0 unspecified atom stereocenters. The zero-order valence-electron chi connectivity index (χ0n) is 11.7. The van der Waals surface area contributed by atoms with Crippen LogP contribution in [0.2, 0.25) is 0 Å². The molecule has 0 radical (unpaired) electrons. The number of aliphatic hydroxyl groups excluding tert-OH is 1. The zero-order valence-corrected chi connectivity index (χ0v) is 13.3. The lowest BCUT2D eigenvalue weighted by atomic mass is 9.84. The number of hydrogen-bond acceptors (Lipinski definition) is 3. The highest BCUT2D eigenvalue weighted by Gasteiger charge is 2.35. The number of fused-ring (bicyclic) bond motifs is 3. The minimum absolute atomic E-state index is 0.163. The van der Waals surface area contributed by atoms with Crippen LogP contribution in [-0.4, -0.2) is 41.6 Å². The summed E-state index contributed by atoms with van der Waals surface area (Å²) < 4.78 is 0.705. The molecule has 20 heavy (non-hydrogen) atoms.